The number of rotatable bonds is 2. The zero-order valence-corrected chi connectivity index (χ0v) is 9.46. The Morgan fingerprint density at radius 2 is 1.69 bits per heavy atom. The van der Waals surface area contributed by atoms with Crippen LogP contribution in [0, 0.1) is 23.7 Å². The van der Waals surface area contributed by atoms with Crippen LogP contribution in [0.4, 0.5) is 0 Å². The summed E-state index contributed by atoms with van der Waals surface area (Å²) >= 11 is 0. The molecule has 13 heavy (non-hydrogen) atoms. The second kappa shape index (κ2) is 4.45. The molecule has 78 valence electrons. The van der Waals surface area contributed by atoms with Crippen molar-refractivity contribution in [2.24, 2.45) is 23.7 Å². The maximum Gasteiger partial charge on any atom is 0.0543 e. The molecule has 0 saturated heterocycles. The van der Waals surface area contributed by atoms with Crippen molar-refractivity contribution in [2.45, 2.75) is 53.1 Å². The van der Waals surface area contributed by atoms with E-state index in [1.807, 2.05) is 6.92 Å². The van der Waals surface area contributed by atoms with E-state index in [2.05, 4.69) is 20.8 Å². The van der Waals surface area contributed by atoms with Crippen molar-refractivity contribution in [3.05, 3.63) is 0 Å². The minimum Gasteiger partial charge on any atom is -0.393 e. The Labute approximate surface area is 82.5 Å². The molecule has 0 aromatic carbocycles. The van der Waals surface area contributed by atoms with Crippen LogP contribution in [0.15, 0.2) is 0 Å². The summed E-state index contributed by atoms with van der Waals surface area (Å²) in [5, 5.41) is 9.71. The summed E-state index contributed by atoms with van der Waals surface area (Å²) in [7, 11) is 0. The highest BCUT2D eigenvalue weighted by Crippen LogP contribution is 2.39. The molecule has 0 unspecified atom stereocenters. The first kappa shape index (κ1) is 11.0. The van der Waals surface area contributed by atoms with E-state index in [9.17, 15) is 5.11 Å². The molecular weight excluding hydrogens is 160 g/mol. The lowest BCUT2D eigenvalue weighted by atomic mass is 9.68. The van der Waals surface area contributed by atoms with Crippen LogP contribution in [0.3, 0.4) is 0 Å². The fraction of sp³-hybridized carbons (Fsp3) is 1.00. The Morgan fingerprint density at radius 1 is 1.08 bits per heavy atom. The monoisotopic (exact) mass is 184 g/mol. The van der Waals surface area contributed by atoms with Gasteiger partial charge in [0.25, 0.3) is 0 Å². The van der Waals surface area contributed by atoms with Crippen LogP contribution in [-0.2, 0) is 0 Å². The van der Waals surface area contributed by atoms with Crippen molar-refractivity contribution in [1.82, 2.24) is 0 Å². The van der Waals surface area contributed by atoms with Gasteiger partial charge in [-0.1, -0.05) is 27.2 Å². The second-order valence-corrected chi connectivity index (χ2v) is 5.23. The van der Waals surface area contributed by atoms with Gasteiger partial charge >= 0.3 is 0 Å². The van der Waals surface area contributed by atoms with Crippen LogP contribution in [0.2, 0.25) is 0 Å². The Morgan fingerprint density at radius 3 is 2.15 bits per heavy atom. The van der Waals surface area contributed by atoms with Crippen LogP contribution in [0.5, 0.6) is 0 Å². The van der Waals surface area contributed by atoms with Gasteiger partial charge in [0.1, 0.15) is 0 Å². The standard InChI is InChI=1S/C12H24O/c1-8(2)11-6-5-9(3)7-12(11)10(4)13/h8-13H,5-7H2,1-4H3/t9-,10-,11+,12+/m1/s1. The average Bonchev–Trinajstić information content (AvgIpc) is 2.03. The molecule has 4 atom stereocenters. The van der Waals surface area contributed by atoms with Crippen molar-refractivity contribution < 1.29 is 5.11 Å². The van der Waals surface area contributed by atoms with Crippen LogP contribution < -0.4 is 0 Å². The lowest BCUT2D eigenvalue weighted by molar-refractivity contribution is 0.0268. The summed E-state index contributed by atoms with van der Waals surface area (Å²) in [6, 6.07) is 0. The summed E-state index contributed by atoms with van der Waals surface area (Å²) in [6.07, 6.45) is 3.77. The van der Waals surface area contributed by atoms with E-state index in [0.717, 1.165) is 17.8 Å². The fourth-order valence-corrected chi connectivity index (χ4v) is 2.83. The molecule has 0 aromatic rings. The van der Waals surface area contributed by atoms with E-state index in [4.69, 9.17) is 0 Å². The normalized spacial score (nSPS) is 37.8. The lowest BCUT2D eigenvalue weighted by Crippen LogP contribution is -2.34. The van der Waals surface area contributed by atoms with Gasteiger partial charge in [-0.25, -0.2) is 0 Å². The molecule has 0 bridgehead atoms. The summed E-state index contributed by atoms with van der Waals surface area (Å²) in [5.74, 6) is 2.83. The van der Waals surface area contributed by atoms with Gasteiger partial charge in [-0.05, 0) is 43.4 Å². The quantitative estimate of drug-likeness (QED) is 0.699. The number of hydrogen-bond acceptors (Lipinski definition) is 1. The van der Waals surface area contributed by atoms with Crippen LogP contribution in [0.1, 0.15) is 47.0 Å². The van der Waals surface area contributed by atoms with Gasteiger partial charge in [-0.2, -0.15) is 0 Å². The zero-order valence-electron chi connectivity index (χ0n) is 9.46. The summed E-state index contributed by atoms with van der Waals surface area (Å²) in [6.45, 7) is 8.84. The minimum absolute atomic E-state index is 0.116. The molecule has 0 radical (unpaired) electrons. The van der Waals surface area contributed by atoms with Gasteiger partial charge in [0.2, 0.25) is 0 Å². The molecule has 0 aliphatic heterocycles. The van der Waals surface area contributed by atoms with E-state index in [0.29, 0.717) is 5.92 Å². The van der Waals surface area contributed by atoms with Gasteiger partial charge < -0.3 is 5.11 Å². The highest BCUT2D eigenvalue weighted by Gasteiger charge is 2.33. The summed E-state index contributed by atoms with van der Waals surface area (Å²) < 4.78 is 0. The fourth-order valence-electron chi connectivity index (χ4n) is 2.83. The third kappa shape index (κ3) is 2.70. The SMILES string of the molecule is CC(C)[C@@H]1CC[C@@H](C)C[C@H]1[C@@H](C)O. The van der Waals surface area contributed by atoms with Crippen molar-refractivity contribution in [3.8, 4) is 0 Å². The molecule has 0 spiro atoms. The van der Waals surface area contributed by atoms with E-state index >= 15 is 0 Å². The molecule has 1 fully saturated rings. The molecular formula is C12H24O. The van der Waals surface area contributed by atoms with E-state index in [1.54, 1.807) is 0 Å². The topological polar surface area (TPSA) is 20.2 Å². The van der Waals surface area contributed by atoms with Crippen molar-refractivity contribution in [1.29, 1.82) is 0 Å². The van der Waals surface area contributed by atoms with Gasteiger partial charge in [-0.15, -0.1) is 0 Å². The summed E-state index contributed by atoms with van der Waals surface area (Å²) in [5.41, 5.74) is 0. The van der Waals surface area contributed by atoms with Gasteiger partial charge in [0.05, 0.1) is 6.10 Å². The van der Waals surface area contributed by atoms with Gasteiger partial charge in [0.15, 0.2) is 0 Å². The smallest absolute Gasteiger partial charge is 0.0543 e. The average molecular weight is 184 g/mol. The van der Waals surface area contributed by atoms with Crippen LogP contribution in [0.25, 0.3) is 0 Å². The zero-order chi connectivity index (χ0) is 10.0. The molecule has 1 aliphatic rings. The predicted molar refractivity (Wildman–Crippen MR) is 56.5 cm³/mol. The molecule has 1 saturated carbocycles. The molecule has 1 nitrogen and oxygen atoms in total. The first-order chi connectivity index (χ1) is 6.02. The third-order valence-corrected chi connectivity index (χ3v) is 3.69. The molecule has 0 aromatic heterocycles. The van der Waals surface area contributed by atoms with E-state index < -0.39 is 0 Å². The molecule has 1 N–H and O–H groups in total. The Kier molecular flexibility index (Phi) is 3.78. The van der Waals surface area contributed by atoms with Crippen LogP contribution >= 0.6 is 0 Å². The number of aliphatic hydroxyl groups excluding tert-OH is 1. The molecule has 1 heteroatoms. The first-order valence-electron chi connectivity index (χ1n) is 5.70. The van der Waals surface area contributed by atoms with Crippen molar-refractivity contribution in [3.63, 3.8) is 0 Å². The Bertz CT molecular complexity index is 151. The van der Waals surface area contributed by atoms with Crippen LogP contribution in [-0.4, -0.2) is 11.2 Å². The van der Waals surface area contributed by atoms with E-state index in [-0.39, 0.29) is 6.10 Å². The number of hydrogen-bond donors (Lipinski definition) is 1. The second-order valence-electron chi connectivity index (χ2n) is 5.23. The largest absolute Gasteiger partial charge is 0.393 e. The molecule has 0 amide bonds. The number of aliphatic hydroxyl groups is 1. The lowest BCUT2D eigenvalue weighted by Gasteiger charge is -2.39. The highest BCUT2D eigenvalue weighted by atomic mass is 16.3. The van der Waals surface area contributed by atoms with Gasteiger partial charge in [0, 0.05) is 0 Å². The van der Waals surface area contributed by atoms with Crippen molar-refractivity contribution in [2.75, 3.05) is 0 Å². The Hall–Kier alpha value is -0.0400. The minimum atomic E-state index is -0.116. The Balaban J connectivity index is 2.60. The highest BCUT2D eigenvalue weighted by molar-refractivity contribution is 4.83. The third-order valence-electron chi connectivity index (χ3n) is 3.69. The molecule has 0 heterocycles. The predicted octanol–water partition coefficient (Wildman–Crippen LogP) is 3.08. The molecule has 1 rings (SSSR count). The van der Waals surface area contributed by atoms with Gasteiger partial charge in [-0.3, -0.25) is 0 Å². The summed E-state index contributed by atoms with van der Waals surface area (Å²) in [4.78, 5) is 0. The van der Waals surface area contributed by atoms with E-state index in [1.165, 1.54) is 19.3 Å². The maximum atomic E-state index is 9.71. The molecule has 1 aliphatic carbocycles. The maximum absolute atomic E-state index is 9.71. The van der Waals surface area contributed by atoms with Crippen molar-refractivity contribution >= 4 is 0 Å². The first-order valence-corrected chi connectivity index (χ1v) is 5.70.